The number of rotatable bonds is 2. The van der Waals surface area contributed by atoms with E-state index in [1.807, 2.05) is 0 Å². The van der Waals surface area contributed by atoms with Crippen molar-refractivity contribution in [1.82, 2.24) is 9.97 Å². The molecule has 0 amide bonds. The minimum Gasteiger partial charge on any atom is -0.347 e. The van der Waals surface area contributed by atoms with Crippen LogP contribution in [0.25, 0.3) is 0 Å². The molecule has 0 aliphatic rings. The van der Waals surface area contributed by atoms with E-state index in [2.05, 4.69) is 23.8 Å². The molecule has 1 heterocycles. The Morgan fingerprint density at radius 1 is 1.60 bits per heavy atom. The summed E-state index contributed by atoms with van der Waals surface area (Å²) < 4.78 is 0. The number of nitrogens with two attached hydrogens (primary N) is 1. The molecule has 0 saturated heterocycles. The van der Waals surface area contributed by atoms with Crippen LogP contribution in [-0.4, -0.2) is 9.97 Å². The Bertz CT molecular complexity index is 179. The lowest BCUT2D eigenvalue weighted by Crippen LogP contribution is -2.17. The molecule has 0 aliphatic heterocycles. The molecule has 0 radical (unpaired) electrons. The van der Waals surface area contributed by atoms with Gasteiger partial charge in [-0.2, -0.15) is 0 Å². The lowest BCUT2D eigenvalue weighted by Gasteiger charge is -2.11. The van der Waals surface area contributed by atoms with E-state index in [0.717, 1.165) is 5.82 Å². The molecule has 0 fully saturated rings. The number of aromatic amines is 1. The van der Waals surface area contributed by atoms with Crippen molar-refractivity contribution in [3.63, 3.8) is 0 Å². The van der Waals surface area contributed by atoms with E-state index in [1.165, 1.54) is 0 Å². The molecular formula is C7H13N3. The second kappa shape index (κ2) is 2.84. The lowest BCUT2D eigenvalue weighted by atomic mass is 10.1. The van der Waals surface area contributed by atoms with Gasteiger partial charge in [-0.3, -0.25) is 0 Å². The molecule has 1 aromatic rings. The van der Waals surface area contributed by atoms with E-state index in [4.69, 9.17) is 5.73 Å². The third kappa shape index (κ3) is 1.36. The van der Waals surface area contributed by atoms with Gasteiger partial charge < -0.3 is 10.7 Å². The minimum atomic E-state index is 0.0370. The van der Waals surface area contributed by atoms with Crippen LogP contribution in [0.3, 0.4) is 0 Å². The van der Waals surface area contributed by atoms with Crippen LogP contribution in [0.5, 0.6) is 0 Å². The summed E-state index contributed by atoms with van der Waals surface area (Å²) in [4.78, 5) is 7.04. The second-order valence-corrected chi connectivity index (χ2v) is 2.74. The van der Waals surface area contributed by atoms with E-state index in [9.17, 15) is 0 Å². The van der Waals surface area contributed by atoms with Crippen LogP contribution in [0.4, 0.5) is 0 Å². The average Bonchev–Trinajstić information content (AvgIpc) is 2.36. The Kier molecular flexibility index (Phi) is 2.06. The molecule has 0 aromatic carbocycles. The summed E-state index contributed by atoms with van der Waals surface area (Å²) in [5, 5.41) is 0. The zero-order valence-electron chi connectivity index (χ0n) is 6.33. The second-order valence-electron chi connectivity index (χ2n) is 2.74. The first-order chi connectivity index (χ1) is 4.72. The fraction of sp³-hybridized carbons (Fsp3) is 0.571. The highest BCUT2D eigenvalue weighted by atomic mass is 14.9. The number of aromatic nitrogens is 2. The Morgan fingerprint density at radius 3 is 2.70 bits per heavy atom. The molecule has 1 atom stereocenters. The summed E-state index contributed by atoms with van der Waals surface area (Å²) in [7, 11) is 0. The molecule has 0 unspecified atom stereocenters. The van der Waals surface area contributed by atoms with E-state index >= 15 is 0 Å². The van der Waals surface area contributed by atoms with Gasteiger partial charge in [-0.15, -0.1) is 0 Å². The number of imidazole rings is 1. The van der Waals surface area contributed by atoms with Crippen LogP contribution in [0.15, 0.2) is 12.4 Å². The molecule has 0 aliphatic carbocycles. The maximum Gasteiger partial charge on any atom is 0.123 e. The quantitative estimate of drug-likeness (QED) is 0.643. The van der Waals surface area contributed by atoms with Crippen LogP contribution in [0.1, 0.15) is 25.7 Å². The van der Waals surface area contributed by atoms with Crippen molar-refractivity contribution in [2.24, 2.45) is 11.7 Å². The zero-order valence-corrected chi connectivity index (χ0v) is 6.33. The van der Waals surface area contributed by atoms with Gasteiger partial charge in [-0.05, 0) is 5.92 Å². The first kappa shape index (κ1) is 7.28. The molecular weight excluding hydrogens is 126 g/mol. The Labute approximate surface area is 60.7 Å². The van der Waals surface area contributed by atoms with Gasteiger partial charge in [0, 0.05) is 12.4 Å². The molecule has 0 spiro atoms. The third-order valence-electron chi connectivity index (χ3n) is 1.55. The van der Waals surface area contributed by atoms with Crippen molar-refractivity contribution in [3.8, 4) is 0 Å². The molecule has 1 rings (SSSR count). The molecule has 10 heavy (non-hydrogen) atoms. The van der Waals surface area contributed by atoms with Crippen LogP contribution < -0.4 is 5.73 Å². The molecule has 0 bridgehead atoms. The largest absolute Gasteiger partial charge is 0.347 e. The van der Waals surface area contributed by atoms with Crippen molar-refractivity contribution in [3.05, 3.63) is 18.2 Å². The van der Waals surface area contributed by atoms with Crippen LogP contribution >= 0.6 is 0 Å². The summed E-state index contributed by atoms with van der Waals surface area (Å²) in [6, 6.07) is 0.0370. The molecule has 0 saturated carbocycles. The molecule has 56 valence electrons. The molecule has 3 heteroatoms. The van der Waals surface area contributed by atoms with Crippen molar-refractivity contribution in [1.29, 1.82) is 0 Å². The average molecular weight is 139 g/mol. The molecule has 3 nitrogen and oxygen atoms in total. The van der Waals surface area contributed by atoms with E-state index < -0.39 is 0 Å². The summed E-state index contributed by atoms with van der Waals surface area (Å²) in [5.41, 5.74) is 5.79. The van der Waals surface area contributed by atoms with Crippen molar-refractivity contribution >= 4 is 0 Å². The predicted molar refractivity (Wildman–Crippen MR) is 40.4 cm³/mol. The SMILES string of the molecule is CC(C)[C@@H](N)c1ncc[nH]1. The monoisotopic (exact) mass is 139 g/mol. The van der Waals surface area contributed by atoms with Gasteiger partial charge in [0.05, 0.1) is 6.04 Å². The van der Waals surface area contributed by atoms with Gasteiger partial charge in [0.25, 0.3) is 0 Å². The van der Waals surface area contributed by atoms with Gasteiger partial charge in [-0.1, -0.05) is 13.8 Å². The van der Waals surface area contributed by atoms with Gasteiger partial charge in [0.1, 0.15) is 5.82 Å². The lowest BCUT2D eigenvalue weighted by molar-refractivity contribution is 0.494. The number of nitrogens with zero attached hydrogens (tertiary/aromatic N) is 1. The molecule has 3 N–H and O–H groups in total. The van der Waals surface area contributed by atoms with E-state index in [0.29, 0.717) is 5.92 Å². The summed E-state index contributed by atoms with van der Waals surface area (Å²) >= 11 is 0. The van der Waals surface area contributed by atoms with Gasteiger partial charge in [0.15, 0.2) is 0 Å². The Balaban J connectivity index is 2.68. The van der Waals surface area contributed by atoms with Crippen molar-refractivity contribution in [2.45, 2.75) is 19.9 Å². The Morgan fingerprint density at radius 2 is 2.30 bits per heavy atom. The minimum absolute atomic E-state index is 0.0370. The smallest absolute Gasteiger partial charge is 0.123 e. The van der Waals surface area contributed by atoms with Crippen molar-refractivity contribution < 1.29 is 0 Å². The van der Waals surface area contributed by atoms with Gasteiger partial charge >= 0.3 is 0 Å². The van der Waals surface area contributed by atoms with Crippen LogP contribution in [0, 0.1) is 5.92 Å². The number of hydrogen-bond acceptors (Lipinski definition) is 2. The highest BCUT2D eigenvalue weighted by Gasteiger charge is 2.11. The van der Waals surface area contributed by atoms with E-state index in [1.54, 1.807) is 12.4 Å². The third-order valence-corrected chi connectivity index (χ3v) is 1.55. The highest BCUT2D eigenvalue weighted by molar-refractivity contribution is 4.94. The Hall–Kier alpha value is -0.830. The first-order valence-electron chi connectivity index (χ1n) is 3.46. The standard InChI is InChI=1S/C7H13N3/c1-5(2)6(8)7-9-3-4-10-7/h3-6H,8H2,1-2H3,(H,9,10)/t6-/m1/s1. The normalized spacial score (nSPS) is 14.0. The van der Waals surface area contributed by atoms with E-state index in [-0.39, 0.29) is 6.04 Å². The van der Waals surface area contributed by atoms with Gasteiger partial charge in [0.2, 0.25) is 0 Å². The molecule has 1 aromatic heterocycles. The van der Waals surface area contributed by atoms with Crippen molar-refractivity contribution in [2.75, 3.05) is 0 Å². The maximum absolute atomic E-state index is 5.79. The zero-order chi connectivity index (χ0) is 7.56. The number of nitrogens with one attached hydrogen (secondary N) is 1. The van der Waals surface area contributed by atoms with Crippen LogP contribution in [-0.2, 0) is 0 Å². The summed E-state index contributed by atoms with van der Waals surface area (Å²) in [5.74, 6) is 1.31. The number of H-pyrrole nitrogens is 1. The first-order valence-corrected chi connectivity index (χ1v) is 3.46. The summed E-state index contributed by atoms with van der Waals surface area (Å²) in [6.45, 7) is 4.15. The highest BCUT2D eigenvalue weighted by Crippen LogP contribution is 2.13. The fourth-order valence-electron chi connectivity index (χ4n) is 0.776. The predicted octanol–water partition coefficient (Wildman–Crippen LogP) is 1.07. The number of hydrogen-bond donors (Lipinski definition) is 2. The fourth-order valence-corrected chi connectivity index (χ4v) is 0.776. The topological polar surface area (TPSA) is 54.7 Å². The van der Waals surface area contributed by atoms with Crippen LogP contribution in [0.2, 0.25) is 0 Å². The maximum atomic E-state index is 5.79. The van der Waals surface area contributed by atoms with Gasteiger partial charge in [-0.25, -0.2) is 4.98 Å². The summed E-state index contributed by atoms with van der Waals surface area (Å²) in [6.07, 6.45) is 3.51.